The van der Waals surface area contributed by atoms with Crippen molar-refractivity contribution in [1.82, 2.24) is 20.2 Å². The molecule has 1 aromatic heterocycles. The average Bonchev–Trinajstić information content (AvgIpc) is 3.14. The summed E-state index contributed by atoms with van der Waals surface area (Å²) in [5.41, 5.74) is 1.16. The van der Waals surface area contributed by atoms with Crippen molar-refractivity contribution in [1.29, 1.82) is 0 Å². The molecule has 0 bridgehead atoms. The Kier molecular flexibility index (Phi) is 4.89. The molecule has 1 aromatic carbocycles. The van der Waals surface area contributed by atoms with E-state index in [2.05, 4.69) is 15.6 Å². The summed E-state index contributed by atoms with van der Waals surface area (Å²) < 4.78 is 28.2. The Morgan fingerprint density at radius 1 is 1.38 bits per heavy atom. The van der Waals surface area contributed by atoms with Crippen molar-refractivity contribution in [3.63, 3.8) is 0 Å². The highest BCUT2D eigenvalue weighted by atomic mass is 19.3. The van der Waals surface area contributed by atoms with Gasteiger partial charge in [-0.3, -0.25) is 10.1 Å². The summed E-state index contributed by atoms with van der Waals surface area (Å²) in [6.07, 6.45) is 3.72. The smallest absolute Gasteiger partial charge is 0.262 e. The molecule has 128 valence electrons. The lowest BCUT2D eigenvalue weighted by atomic mass is 10.2. The second-order valence-corrected chi connectivity index (χ2v) is 5.99. The van der Waals surface area contributed by atoms with Crippen LogP contribution in [0, 0.1) is 0 Å². The topological polar surface area (TPSA) is 59.0 Å². The lowest BCUT2D eigenvalue weighted by Gasteiger charge is -2.12. The zero-order valence-corrected chi connectivity index (χ0v) is 13.2. The number of carbonyl (C=O) groups is 1. The fraction of sp³-hybridized carbons (Fsp3) is 0.412. The second kappa shape index (κ2) is 7.09. The lowest BCUT2D eigenvalue weighted by molar-refractivity contribution is -0.123. The summed E-state index contributed by atoms with van der Waals surface area (Å²) in [5.74, 6) is -2.33. The average molecular weight is 334 g/mol. The van der Waals surface area contributed by atoms with Gasteiger partial charge in [-0.2, -0.15) is 0 Å². The summed E-state index contributed by atoms with van der Waals surface area (Å²) in [6, 6.07) is 9.19. The molecule has 1 fully saturated rings. The van der Waals surface area contributed by atoms with E-state index in [0.29, 0.717) is 19.5 Å². The summed E-state index contributed by atoms with van der Waals surface area (Å²) >= 11 is 0. The first kappa shape index (κ1) is 16.6. The highest BCUT2D eigenvalue weighted by molar-refractivity contribution is 5.82. The molecule has 1 amide bonds. The summed E-state index contributed by atoms with van der Waals surface area (Å²) in [6.45, 7) is 0.640. The van der Waals surface area contributed by atoms with Gasteiger partial charge in [0.05, 0.1) is 12.6 Å². The van der Waals surface area contributed by atoms with Crippen LogP contribution in [0.1, 0.15) is 17.8 Å². The first-order valence-corrected chi connectivity index (χ1v) is 7.96. The summed E-state index contributed by atoms with van der Waals surface area (Å²) in [5, 5.41) is 5.26. The van der Waals surface area contributed by atoms with Crippen LogP contribution in [-0.2, 0) is 17.8 Å². The van der Waals surface area contributed by atoms with E-state index in [0.717, 1.165) is 11.4 Å². The Hall–Kier alpha value is -2.28. The third-order valence-corrected chi connectivity index (χ3v) is 4.07. The molecule has 2 heterocycles. The van der Waals surface area contributed by atoms with Crippen LogP contribution in [0.15, 0.2) is 42.7 Å². The van der Waals surface area contributed by atoms with Crippen LogP contribution in [0.2, 0.25) is 0 Å². The van der Waals surface area contributed by atoms with Crippen LogP contribution in [-0.4, -0.2) is 40.5 Å². The molecule has 24 heavy (non-hydrogen) atoms. The number of imidazole rings is 1. The fourth-order valence-electron chi connectivity index (χ4n) is 2.81. The SMILES string of the molecule is O=C(NCCc1nccn1Cc1ccccc1)C1CC(F)(F)CN1. The first-order chi connectivity index (χ1) is 11.5. The Labute approximate surface area is 139 Å². The van der Waals surface area contributed by atoms with Gasteiger partial charge in [-0.1, -0.05) is 30.3 Å². The van der Waals surface area contributed by atoms with E-state index in [1.165, 1.54) is 0 Å². The van der Waals surface area contributed by atoms with E-state index in [1.54, 1.807) is 6.20 Å². The molecule has 7 heteroatoms. The third kappa shape index (κ3) is 4.17. The summed E-state index contributed by atoms with van der Waals surface area (Å²) in [4.78, 5) is 16.2. The van der Waals surface area contributed by atoms with Gasteiger partial charge in [0.2, 0.25) is 5.91 Å². The highest BCUT2D eigenvalue weighted by Crippen LogP contribution is 2.24. The number of hydrogen-bond acceptors (Lipinski definition) is 3. The number of carbonyl (C=O) groups excluding carboxylic acids is 1. The Morgan fingerprint density at radius 2 is 2.17 bits per heavy atom. The predicted molar refractivity (Wildman–Crippen MR) is 85.8 cm³/mol. The van der Waals surface area contributed by atoms with Gasteiger partial charge in [-0.25, -0.2) is 13.8 Å². The standard InChI is InChI=1S/C17H20F2N4O/c18-17(19)10-14(22-12-17)16(24)21-7-6-15-20-8-9-23(15)11-13-4-2-1-3-5-13/h1-5,8-9,14,22H,6-7,10-12H2,(H,21,24). The highest BCUT2D eigenvalue weighted by Gasteiger charge is 2.42. The molecule has 2 N–H and O–H groups in total. The minimum absolute atomic E-state index is 0.369. The van der Waals surface area contributed by atoms with E-state index in [-0.39, 0.29) is 5.91 Å². The van der Waals surface area contributed by atoms with Crippen molar-refractivity contribution in [2.24, 2.45) is 0 Å². The minimum Gasteiger partial charge on any atom is -0.354 e. The quantitative estimate of drug-likeness (QED) is 0.843. The number of nitrogens with one attached hydrogen (secondary N) is 2. The van der Waals surface area contributed by atoms with E-state index < -0.39 is 24.9 Å². The van der Waals surface area contributed by atoms with Gasteiger partial charge in [0.25, 0.3) is 5.92 Å². The second-order valence-electron chi connectivity index (χ2n) is 5.99. The van der Waals surface area contributed by atoms with Crippen molar-refractivity contribution < 1.29 is 13.6 Å². The number of amides is 1. The predicted octanol–water partition coefficient (Wildman–Crippen LogP) is 1.59. The molecule has 3 rings (SSSR count). The minimum atomic E-state index is -2.80. The van der Waals surface area contributed by atoms with Gasteiger partial charge in [-0.15, -0.1) is 0 Å². The van der Waals surface area contributed by atoms with Crippen molar-refractivity contribution in [2.75, 3.05) is 13.1 Å². The number of alkyl halides is 2. The zero-order valence-electron chi connectivity index (χ0n) is 13.2. The van der Waals surface area contributed by atoms with E-state index in [4.69, 9.17) is 0 Å². The molecule has 1 atom stereocenters. The monoisotopic (exact) mass is 334 g/mol. The van der Waals surface area contributed by atoms with Crippen molar-refractivity contribution in [3.05, 3.63) is 54.1 Å². The molecule has 1 unspecified atom stereocenters. The van der Waals surface area contributed by atoms with Gasteiger partial charge >= 0.3 is 0 Å². The lowest BCUT2D eigenvalue weighted by Crippen LogP contribution is -2.41. The molecule has 2 aromatic rings. The van der Waals surface area contributed by atoms with Crippen LogP contribution in [0.5, 0.6) is 0 Å². The maximum atomic E-state index is 13.1. The van der Waals surface area contributed by atoms with E-state index >= 15 is 0 Å². The molecule has 0 aliphatic carbocycles. The number of aromatic nitrogens is 2. The number of benzene rings is 1. The van der Waals surface area contributed by atoms with Gasteiger partial charge < -0.3 is 9.88 Å². The van der Waals surface area contributed by atoms with Crippen LogP contribution in [0.25, 0.3) is 0 Å². The van der Waals surface area contributed by atoms with Gasteiger partial charge in [0.1, 0.15) is 5.82 Å². The molecule has 0 spiro atoms. The normalized spacial score (nSPS) is 19.3. The van der Waals surface area contributed by atoms with E-state index in [9.17, 15) is 13.6 Å². The maximum Gasteiger partial charge on any atom is 0.262 e. The summed E-state index contributed by atoms with van der Waals surface area (Å²) in [7, 11) is 0. The molecule has 1 aliphatic rings. The van der Waals surface area contributed by atoms with Crippen molar-refractivity contribution in [2.45, 2.75) is 31.4 Å². The largest absolute Gasteiger partial charge is 0.354 e. The maximum absolute atomic E-state index is 13.1. The van der Waals surface area contributed by atoms with Crippen molar-refractivity contribution in [3.8, 4) is 0 Å². The molecule has 0 saturated carbocycles. The molecule has 1 aliphatic heterocycles. The molecule has 5 nitrogen and oxygen atoms in total. The number of nitrogens with zero attached hydrogens (tertiary/aromatic N) is 2. The third-order valence-electron chi connectivity index (χ3n) is 4.07. The zero-order chi connectivity index (χ0) is 17.0. The number of hydrogen-bond donors (Lipinski definition) is 2. The van der Waals surface area contributed by atoms with Crippen LogP contribution < -0.4 is 10.6 Å². The van der Waals surface area contributed by atoms with Gasteiger partial charge in [0, 0.05) is 38.3 Å². The fourth-order valence-corrected chi connectivity index (χ4v) is 2.81. The molecular weight excluding hydrogens is 314 g/mol. The van der Waals surface area contributed by atoms with Gasteiger partial charge in [0.15, 0.2) is 0 Å². The van der Waals surface area contributed by atoms with E-state index in [1.807, 2.05) is 41.1 Å². The number of rotatable bonds is 6. The van der Waals surface area contributed by atoms with Gasteiger partial charge in [-0.05, 0) is 5.56 Å². The first-order valence-electron chi connectivity index (χ1n) is 7.96. The Morgan fingerprint density at radius 3 is 2.88 bits per heavy atom. The Balaban J connectivity index is 1.49. The Bertz CT molecular complexity index is 687. The molecule has 1 saturated heterocycles. The van der Waals surface area contributed by atoms with Crippen molar-refractivity contribution >= 4 is 5.91 Å². The molecule has 0 radical (unpaired) electrons. The number of halogens is 2. The van der Waals surface area contributed by atoms with Crippen LogP contribution in [0.3, 0.4) is 0 Å². The molecular formula is C17H20F2N4O. The van der Waals surface area contributed by atoms with Crippen LogP contribution in [0.4, 0.5) is 8.78 Å². The van der Waals surface area contributed by atoms with Crippen LogP contribution >= 0.6 is 0 Å².